The summed E-state index contributed by atoms with van der Waals surface area (Å²) in [6.07, 6.45) is 3.37. The number of nitrogens with zero attached hydrogens (tertiary/aromatic N) is 4. The van der Waals surface area contributed by atoms with Crippen LogP contribution in [0.3, 0.4) is 0 Å². The molecule has 0 unspecified atom stereocenters. The van der Waals surface area contributed by atoms with Gasteiger partial charge in [0.2, 0.25) is 5.95 Å². The number of benzene rings is 1. The fraction of sp³-hybridized carbons (Fsp3) is 0.211. The molecular weight excluding hydrogens is 409 g/mol. The van der Waals surface area contributed by atoms with Gasteiger partial charge in [0.15, 0.2) is 0 Å². The van der Waals surface area contributed by atoms with E-state index in [0.29, 0.717) is 49.3 Å². The van der Waals surface area contributed by atoms with Crippen molar-refractivity contribution in [2.75, 3.05) is 36.5 Å². The van der Waals surface area contributed by atoms with Crippen LogP contribution in [0.5, 0.6) is 5.75 Å². The van der Waals surface area contributed by atoms with Gasteiger partial charge in [-0.1, -0.05) is 12.1 Å². The lowest BCUT2D eigenvalue weighted by Crippen LogP contribution is -2.37. The molecule has 3 N–H and O–H groups in total. The number of rotatable bonds is 6. The van der Waals surface area contributed by atoms with Gasteiger partial charge in [-0.15, -0.1) is 0 Å². The van der Waals surface area contributed by atoms with Gasteiger partial charge in [-0.05, 0) is 24.3 Å². The summed E-state index contributed by atoms with van der Waals surface area (Å²) in [6.45, 7) is 2.50. The predicted octanol–water partition coefficient (Wildman–Crippen LogP) is 2.59. The Labute approximate surface area is 172 Å². The summed E-state index contributed by atoms with van der Waals surface area (Å²) in [4.78, 5) is 33.6. The molecule has 0 spiro atoms. The monoisotopic (exact) mass is 429 g/mol. The third-order valence-electron chi connectivity index (χ3n) is 4.30. The number of nitrogens with one attached hydrogen (secondary N) is 1. The van der Waals surface area contributed by atoms with Gasteiger partial charge in [0.05, 0.1) is 30.8 Å². The fourth-order valence-electron chi connectivity index (χ4n) is 2.99. The summed E-state index contributed by atoms with van der Waals surface area (Å²) >= 11 is 0. The lowest BCUT2D eigenvalue weighted by atomic mass is 10.1. The molecule has 0 atom stereocenters. The van der Waals surface area contributed by atoms with Crippen LogP contribution < -0.4 is 14.7 Å². The minimum absolute atomic E-state index is 0.0501. The molecule has 2 aromatic heterocycles. The van der Waals surface area contributed by atoms with Crippen molar-refractivity contribution in [3.05, 3.63) is 54.9 Å². The Balaban J connectivity index is 1.71. The maximum atomic E-state index is 11.2. The van der Waals surface area contributed by atoms with Crippen LogP contribution in [-0.2, 0) is 9.30 Å². The van der Waals surface area contributed by atoms with Crippen molar-refractivity contribution in [1.82, 2.24) is 15.0 Å². The molecule has 0 aliphatic carbocycles. The predicted molar refractivity (Wildman–Crippen MR) is 111 cm³/mol. The maximum absolute atomic E-state index is 11.2. The van der Waals surface area contributed by atoms with E-state index in [1.807, 2.05) is 17.0 Å². The van der Waals surface area contributed by atoms with Crippen LogP contribution in [0, 0.1) is 0 Å². The van der Waals surface area contributed by atoms with E-state index >= 15 is 0 Å². The molecule has 0 radical (unpaired) electrons. The lowest BCUT2D eigenvalue weighted by molar-refractivity contribution is 0.122. The fourth-order valence-corrected chi connectivity index (χ4v) is 3.37. The number of phosphoric acid groups is 1. The number of aromatic nitrogens is 3. The van der Waals surface area contributed by atoms with Gasteiger partial charge in [-0.25, -0.2) is 9.55 Å². The van der Waals surface area contributed by atoms with Crippen LogP contribution in [0.15, 0.2) is 54.9 Å². The van der Waals surface area contributed by atoms with E-state index in [9.17, 15) is 4.57 Å². The van der Waals surface area contributed by atoms with Crippen molar-refractivity contribution in [1.29, 1.82) is 0 Å². The molecule has 30 heavy (non-hydrogen) atoms. The van der Waals surface area contributed by atoms with E-state index in [0.717, 1.165) is 5.69 Å². The summed E-state index contributed by atoms with van der Waals surface area (Å²) < 4.78 is 21.3. The van der Waals surface area contributed by atoms with Crippen molar-refractivity contribution >= 4 is 25.3 Å². The van der Waals surface area contributed by atoms with E-state index in [4.69, 9.17) is 19.0 Å². The Morgan fingerprint density at radius 2 is 1.93 bits per heavy atom. The Kier molecular flexibility index (Phi) is 5.91. The van der Waals surface area contributed by atoms with Crippen LogP contribution >= 0.6 is 7.82 Å². The first-order chi connectivity index (χ1) is 14.5. The third-order valence-corrected chi connectivity index (χ3v) is 4.74. The average molecular weight is 429 g/mol. The van der Waals surface area contributed by atoms with Crippen LogP contribution in [0.4, 0.5) is 17.5 Å². The van der Waals surface area contributed by atoms with Gasteiger partial charge in [0.1, 0.15) is 11.6 Å². The average Bonchev–Trinajstić information content (AvgIpc) is 2.74. The van der Waals surface area contributed by atoms with E-state index < -0.39 is 7.82 Å². The molecule has 3 heterocycles. The SMILES string of the molecule is O=P(O)(O)Oc1cccc(-c2cc(Nc3cccnc3)nc(N3CCOCC3)n2)c1. The summed E-state index contributed by atoms with van der Waals surface area (Å²) in [5, 5.41) is 3.22. The first kappa shape index (κ1) is 20.2. The molecule has 11 heteroatoms. The zero-order valence-corrected chi connectivity index (χ0v) is 16.8. The molecule has 0 saturated carbocycles. The maximum Gasteiger partial charge on any atom is 0.524 e. The molecule has 1 aromatic carbocycles. The largest absolute Gasteiger partial charge is 0.524 e. The second-order valence-electron chi connectivity index (χ2n) is 6.51. The van der Waals surface area contributed by atoms with Crippen LogP contribution in [0.25, 0.3) is 11.3 Å². The number of ether oxygens (including phenoxy) is 1. The van der Waals surface area contributed by atoms with E-state index in [1.54, 1.807) is 30.6 Å². The Morgan fingerprint density at radius 1 is 1.10 bits per heavy atom. The van der Waals surface area contributed by atoms with Crippen LogP contribution in [-0.4, -0.2) is 51.0 Å². The second kappa shape index (κ2) is 8.76. The summed E-state index contributed by atoms with van der Waals surface area (Å²) in [5.74, 6) is 1.15. The number of pyridine rings is 1. The topological polar surface area (TPSA) is 130 Å². The minimum Gasteiger partial charge on any atom is -0.404 e. The van der Waals surface area contributed by atoms with Crippen molar-refractivity contribution in [2.24, 2.45) is 0 Å². The molecule has 10 nitrogen and oxygen atoms in total. The second-order valence-corrected chi connectivity index (χ2v) is 7.68. The highest BCUT2D eigenvalue weighted by molar-refractivity contribution is 7.46. The molecule has 0 amide bonds. The van der Waals surface area contributed by atoms with Crippen molar-refractivity contribution < 1.29 is 23.6 Å². The molecule has 0 bridgehead atoms. The normalized spacial score (nSPS) is 14.4. The highest BCUT2D eigenvalue weighted by Crippen LogP contribution is 2.38. The minimum atomic E-state index is -4.66. The smallest absolute Gasteiger partial charge is 0.404 e. The van der Waals surface area contributed by atoms with Crippen LogP contribution in [0.1, 0.15) is 0 Å². The number of hydrogen-bond donors (Lipinski definition) is 3. The first-order valence-corrected chi connectivity index (χ1v) is 10.7. The molecule has 4 rings (SSSR count). The molecule has 156 valence electrons. The highest BCUT2D eigenvalue weighted by Gasteiger charge is 2.19. The van der Waals surface area contributed by atoms with E-state index in [2.05, 4.69) is 20.3 Å². The number of phosphoric ester groups is 1. The molecule has 1 fully saturated rings. The van der Waals surface area contributed by atoms with Crippen molar-refractivity contribution in [3.8, 4) is 17.0 Å². The van der Waals surface area contributed by atoms with Gasteiger partial charge < -0.3 is 19.5 Å². The molecule has 1 aliphatic heterocycles. The summed E-state index contributed by atoms with van der Waals surface area (Å²) in [7, 11) is -4.66. The molecule has 1 aliphatic rings. The standard InChI is InChI=1S/C19H20N5O5P/c25-30(26,27)29-16-5-1-3-14(11-16)17-12-18(21-15-4-2-6-20-13-15)23-19(22-17)24-7-9-28-10-8-24/h1-6,11-13H,7-10H2,(H,21,22,23)(H2,25,26,27). The Morgan fingerprint density at radius 3 is 2.67 bits per heavy atom. The Bertz CT molecular complexity index is 1060. The Hall–Kier alpha value is -3.04. The number of anilines is 3. The number of hydrogen-bond acceptors (Lipinski definition) is 8. The van der Waals surface area contributed by atoms with E-state index in [-0.39, 0.29) is 5.75 Å². The van der Waals surface area contributed by atoms with Gasteiger partial charge in [-0.2, -0.15) is 4.98 Å². The zero-order valence-electron chi connectivity index (χ0n) is 15.9. The molecule has 1 saturated heterocycles. The van der Waals surface area contributed by atoms with Gasteiger partial charge in [0.25, 0.3) is 0 Å². The van der Waals surface area contributed by atoms with Gasteiger partial charge in [0, 0.05) is 30.9 Å². The molecule has 3 aromatic rings. The van der Waals surface area contributed by atoms with Gasteiger partial charge in [-0.3, -0.25) is 14.8 Å². The van der Waals surface area contributed by atoms with E-state index in [1.165, 1.54) is 12.1 Å². The highest BCUT2D eigenvalue weighted by atomic mass is 31.2. The van der Waals surface area contributed by atoms with Gasteiger partial charge >= 0.3 is 7.82 Å². The number of morpholine rings is 1. The molecular formula is C19H20N5O5P. The zero-order chi connectivity index (χ0) is 21.0. The quantitative estimate of drug-likeness (QED) is 0.503. The first-order valence-electron chi connectivity index (χ1n) is 9.21. The summed E-state index contributed by atoms with van der Waals surface area (Å²) in [6, 6.07) is 11.9. The van der Waals surface area contributed by atoms with Crippen LogP contribution in [0.2, 0.25) is 0 Å². The van der Waals surface area contributed by atoms with Crippen molar-refractivity contribution in [3.63, 3.8) is 0 Å². The third kappa shape index (κ3) is 5.31. The summed E-state index contributed by atoms with van der Waals surface area (Å²) in [5.41, 5.74) is 1.98. The van der Waals surface area contributed by atoms with Crippen molar-refractivity contribution in [2.45, 2.75) is 0 Å². The lowest BCUT2D eigenvalue weighted by Gasteiger charge is -2.27.